The van der Waals surface area contributed by atoms with Crippen molar-refractivity contribution in [3.05, 3.63) is 0 Å². The maximum absolute atomic E-state index is 9.89. The van der Waals surface area contributed by atoms with Gasteiger partial charge in [-0.15, -0.1) is 12.4 Å². The highest BCUT2D eigenvalue weighted by molar-refractivity contribution is 5.85. The van der Waals surface area contributed by atoms with Gasteiger partial charge < -0.3 is 20.1 Å². The molecule has 0 bridgehead atoms. The summed E-state index contributed by atoms with van der Waals surface area (Å²) in [6, 6.07) is 0. The Hall–Kier alpha value is 0.0900. The van der Waals surface area contributed by atoms with Gasteiger partial charge in [-0.3, -0.25) is 4.90 Å². The van der Waals surface area contributed by atoms with Crippen molar-refractivity contribution in [3.8, 4) is 0 Å². The van der Waals surface area contributed by atoms with E-state index >= 15 is 0 Å². The summed E-state index contributed by atoms with van der Waals surface area (Å²) in [7, 11) is 0. The Kier molecular flexibility index (Phi) is 10.9. The van der Waals surface area contributed by atoms with Gasteiger partial charge in [0.25, 0.3) is 0 Å². The van der Waals surface area contributed by atoms with Gasteiger partial charge in [0.2, 0.25) is 0 Å². The average Bonchev–Trinajstić information content (AvgIpc) is 2.73. The van der Waals surface area contributed by atoms with Crippen LogP contribution in [0.1, 0.15) is 26.2 Å². The zero-order valence-corrected chi connectivity index (χ0v) is 12.5. The first-order valence-electron chi connectivity index (χ1n) is 6.91. The van der Waals surface area contributed by atoms with E-state index in [0.717, 1.165) is 6.42 Å². The van der Waals surface area contributed by atoms with Crippen molar-refractivity contribution in [2.75, 3.05) is 39.5 Å². The topological polar surface area (TPSA) is 73.2 Å². The molecular weight excluding hydrogens is 270 g/mol. The van der Waals surface area contributed by atoms with Crippen molar-refractivity contribution >= 4 is 12.4 Å². The smallest absolute Gasteiger partial charge is 0.0900 e. The highest BCUT2D eigenvalue weighted by atomic mass is 35.5. The van der Waals surface area contributed by atoms with Crippen LogP contribution in [0.4, 0.5) is 0 Å². The molecule has 0 aromatic heterocycles. The van der Waals surface area contributed by atoms with E-state index in [9.17, 15) is 5.11 Å². The maximum Gasteiger partial charge on any atom is 0.0900 e. The van der Waals surface area contributed by atoms with Crippen molar-refractivity contribution in [2.24, 2.45) is 5.92 Å². The summed E-state index contributed by atoms with van der Waals surface area (Å²) in [5.74, 6) is 0.586. The maximum atomic E-state index is 9.89. The molecule has 0 aromatic rings. The van der Waals surface area contributed by atoms with Crippen molar-refractivity contribution in [2.45, 2.75) is 38.4 Å². The summed E-state index contributed by atoms with van der Waals surface area (Å²) in [5, 5.41) is 27.6. The van der Waals surface area contributed by atoms with Gasteiger partial charge >= 0.3 is 0 Å². The van der Waals surface area contributed by atoms with Crippen LogP contribution in [0.15, 0.2) is 0 Å². The second-order valence-corrected chi connectivity index (χ2v) is 5.18. The molecule has 0 aliphatic heterocycles. The Balaban J connectivity index is 0.00000324. The lowest BCUT2D eigenvalue weighted by Crippen LogP contribution is -2.39. The van der Waals surface area contributed by atoms with E-state index in [2.05, 4.69) is 6.92 Å². The van der Waals surface area contributed by atoms with Crippen LogP contribution < -0.4 is 0 Å². The summed E-state index contributed by atoms with van der Waals surface area (Å²) in [6.45, 7) is 3.97. The lowest BCUT2D eigenvalue weighted by atomic mass is 10.1. The standard InChI is InChI=1S/C13H27NO4.ClH/c1-11-3-2-4-13(11)18-10-12(17)9-14(5-7-15)6-8-16;/h11-13,15-17H,2-10H2,1H3;1H. The van der Waals surface area contributed by atoms with Gasteiger partial charge in [0, 0.05) is 19.6 Å². The van der Waals surface area contributed by atoms with E-state index in [1.54, 1.807) is 0 Å². The monoisotopic (exact) mass is 297 g/mol. The Bertz CT molecular complexity index is 215. The SMILES string of the molecule is CC1CCCC1OCC(O)CN(CCO)CCO.Cl. The van der Waals surface area contributed by atoms with Crippen molar-refractivity contribution in [3.63, 3.8) is 0 Å². The lowest BCUT2D eigenvalue weighted by Gasteiger charge is -2.25. The molecule has 6 heteroatoms. The molecule has 0 heterocycles. The molecule has 3 atom stereocenters. The summed E-state index contributed by atoms with van der Waals surface area (Å²) >= 11 is 0. The molecule has 5 nitrogen and oxygen atoms in total. The Morgan fingerprint density at radius 1 is 1.21 bits per heavy atom. The third kappa shape index (κ3) is 7.44. The largest absolute Gasteiger partial charge is 0.395 e. The molecule has 0 radical (unpaired) electrons. The first-order chi connectivity index (χ1) is 8.67. The highest BCUT2D eigenvalue weighted by Gasteiger charge is 2.24. The van der Waals surface area contributed by atoms with Gasteiger partial charge in [0.1, 0.15) is 0 Å². The Morgan fingerprint density at radius 2 is 1.84 bits per heavy atom. The van der Waals surface area contributed by atoms with Crippen molar-refractivity contribution in [1.82, 2.24) is 4.90 Å². The van der Waals surface area contributed by atoms with E-state index in [1.165, 1.54) is 12.8 Å². The number of hydrogen-bond acceptors (Lipinski definition) is 5. The molecule has 0 aromatic carbocycles. The number of rotatable bonds is 9. The second kappa shape index (κ2) is 10.8. The molecule has 1 fully saturated rings. The van der Waals surface area contributed by atoms with Crippen LogP contribution in [0.2, 0.25) is 0 Å². The van der Waals surface area contributed by atoms with Crippen LogP contribution in [0.5, 0.6) is 0 Å². The highest BCUT2D eigenvalue weighted by Crippen LogP contribution is 2.27. The fourth-order valence-corrected chi connectivity index (χ4v) is 2.52. The third-order valence-electron chi connectivity index (χ3n) is 3.59. The minimum Gasteiger partial charge on any atom is -0.395 e. The predicted octanol–water partition coefficient (Wildman–Crippen LogP) is 0.261. The van der Waals surface area contributed by atoms with E-state index < -0.39 is 6.10 Å². The predicted molar refractivity (Wildman–Crippen MR) is 76.6 cm³/mol. The molecule has 1 saturated carbocycles. The Morgan fingerprint density at radius 3 is 2.32 bits per heavy atom. The third-order valence-corrected chi connectivity index (χ3v) is 3.59. The van der Waals surface area contributed by atoms with Gasteiger partial charge in [-0.25, -0.2) is 0 Å². The molecule has 0 spiro atoms. The molecule has 19 heavy (non-hydrogen) atoms. The summed E-state index contributed by atoms with van der Waals surface area (Å²) in [5.41, 5.74) is 0. The molecule has 0 amide bonds. The van der Waals surface area contributed by atoms with Gasteiger partial charge in [0.05, 0.1) is 32.0 Å². The number of ether oxygens (including phenoxy) is 1. The number of halogens is 1. The van der Waals surface area contributed by atoms with E-state index in [0.29, 0.717) is 32.2 Å². The number of nitrogens with zero attached hydrogens (tertiary/aromatic N) is 1. The molecule has 1 rings (SSSR count). The second-order valence-electron chi connectivity index (χ2n) is 5.18. The van der Waals surface area contributed by atoms with E-state index in [1.807, 2.05) is 4.90 Å². The van der Waals surface area contributed by atoms with Crippen LogP contribution in [-0.4, -0.2) is 71.9 Å². The first-order valence-corrected chi connectivity index (χ1v) is 6.91. The zero-order chi connectivity index (χ0) is 13.4. The fraction of sp³-hybridized carbons (Fsp3) is 1.00. The van der Waals surface area contributed by atoms with Crippen molar-refractivity contribution in [1.29, 1.82) is 0 Å². The molecule has 1 aliphatic carbocycles. The minimum absolute atomic E-state index is 0. The van der Waals surface area contributed by atoms with Gasteiger partial charge in [-0.2, -0.15) is 0 Å². The lowest BCUT2D eigenvalue weighted by molar-refractivity contribution is -0.0338. The van der Waals surface area contributed by atoms with Crippen molar-refractivity contribution < 1.29 is 20.1 Å². The van der Waals surface area contributed by atoms with Gasteiger partial charge in [0.15, 0.2) is 0 Å². The number of hydrogen-bond donors (Lipinski definition) is 3. The quantitative estimate of drug-likeness (QED) is 0.569. The summed E-state index contributed by atoms with van der Waals surface area (Å²) < 4.78 is 5.73. The molecular formula is C13H28ClNO4. The normalized spacial score (nSPS) is 24.5. The minimum atomic E-state index is -0.559. The summed E-state index contributed by atoms with van der Waals surface area (Å²) in [6.07, 6.45) is 3.23. The number of aliphatic hydroxyl groups is 3. The molecule has 3 N–H and O–H groups in total. The van der Waals surface area contributed by atoms with E-state index in [4.69, 9.17) is 14.9 Å². The van der Waals surface area contributed by atoms with Gasteiger partial charge in [-0.05, 0) is 18.8 Å². The average molecular weight is 298 g/mol. The molecule has 3 unspecified atom stereocenters. The first kappa shape index (κ1) is 19.1. The molecule has 0 saturated heterocycles. The van der Waals surface area contributed by atoms with Crippen LogP contribution in [0.25, 0.3) is 0 Å². The van der Waals surface area contributed by atoms with Crippen LogP contribution in [0.3, 0.4) is 0 Å². The zero-order valence-electron chi connectivity index (χ0n) is 11.7. The van der Waals surface area contributed by atoms with Crippen LogP contribution in [0, 0.1) is 5.92 Å². The molecule has 1 aliphatic rings. The van der Waals surface area contributed by atoms with Gasteiger partial charge in [-0.1, -0.05) is 13.3 Å². The number of aliphatic hydroxyl groups excluding tert-OH is 3. The van der Waals surface area contributed by atoms with Crippen LogP contribution >= 0.6 is 12.4 Å². The van der Waals surface area contributed by atoms with E-state index in [-0.39, 0.29) is 31.7 Å². The van der Waals surface area contributed by atoms with Crippen LogP contribution in [-0.2, 0) is 4.74 Å². The Labute approximate surface area is 122 Å². The summed E-state index contributed by atoms with van der Waals surface area (Å²) in [4.78, 5) is 1.84. The molecule has 116 valence electrons. The fourth-order valence-electron chi connectivity index (χ4n) is 2.52.